The van der Waals surface area contributed by atoms with Gasteiger partial charge in [-0.05, 0) is 37.8 Å². The van der Waals surface area contributed by atoms with Crippen LogP contribution in [0.1, 0.15) is 37.9 Å². The molecule has 3 aliphatic rings. The molecule has 1 aromatic carbocycles. The molecule has 0 bridgehead atoms. The number of hydrogen-bond donors (Lipinski definition) is 1. The Morgan fingerprint density at radius 1 is 1.05 bits per heavy atom. The predicted octanol–water partition coefficient (Wildman–Crippen LogP) is 2.75. The molecule has 1 amide bonds. The van der Waals surface area contributed by atoms with Gasteiger partial charge in [0.2, 0.25) is 17.7 Å². The van der Waals surface area contributed by atoms with Crippen molar-refractivity contribution in [1.82, 2.24) is 24.4 Å². The quantitative estimate of drug-likeness (QED) is 0.456. The van der Waals surface area contributed by atoms with Crippen molar-refractivity contribution in [3.05, 3.63) is 36.2 Å². The third kappa shape index (κ3) is 5.97. The van der Waals surface area contributed by atoms with E-state index in [1.807, 2.05) is 4.90 Å². The number of imidazole rings is 1. The second kappa shape index (κ2) is 12.2. The highest BCUT2D eigenvalue weighted by Crippen LogP contribution is 2.32. The number of halogens is 2. The normalized spacial score (nSPS) is 23.8. The molecule has 3 fully saturated rings. The number of rotatable bonds is 7. The van der Waals surface area contributed by atoms with E-state index < -0.39 is 12.2 Å². The van der Waals surface area contributed by atoms with Gasteiger partial charge in [0, 0.05) is 38.2 Å². The molecule has 1 aliphatic carbocycles. The van der Waals surface area contributed by atoms with Gasteiger partial charge < -0.3 is 29.1 Å². The van der Waals surface area contributed by atoms with Gasteiger partial charge in [-0.15, -0.1) is 0 Å². The molecule has 0 spiro atoms. The van der Waals surface area contributed by atoms with E-state index in [1.165, 1.54) is 4.57 Å². The Morgan fingerprint density at radius 3 is 2.59 bits per heavy atom. The van der Waals surface area contributed by atoms with Crippen molar-refractivity contribution in [3.8, 4) is 11.7 Å². The number of carbonyl (C=O) groups excluding carboxylic acids is 1. The van der Waals surface area contributed by atoms with Crippen molar-refractivity contribution in [2.24, 2.45) is 5.92 Å². The van der Waals surface area contributed by atoms with Crippen molar-refractivity contribution < 1.29 is 32.9 Å². The summed E-state index contributed by atoms with van der Waals surface area (Å²) in [5, 5.41) is 9.41. The zero-order chi connectivity index (χ0) is 28.3. The molecule has 41 heavy (non-hydrogen) atoms. The maximum atomic E-state index is 14.1. The first-order valence-electron chi connectivity index (χ1n) is 14.2. The van der Waals surface area contributed by atoms with E-state index in [2.05, 4.69) is 15.0 Å². The van der Waals surface area contributed by atoms with Crippen LogP contribution in [0, 0.1) is 5.92 Å². The molecule has 2 aliphatic heterocycles. The van der Waals surface area contributed by atoms with Crippen LogP contribution in [0.5, 0.6) is 5.88 Å². The van der Waals surface area contributed by atoms with Crippen LogP contribution < -0.4 is 9.64 Å². The lowest BCUT2D eigenvalue weighted by atomic mass is 9.86. The van der Waals surface area contributed by atoms with Gasteiger partial charge in [-0.1, -0.05) is 12.1 Å². The number of amides is 1. The molecule has 1 unspecified atom stereocenters. The molecule has 6 rings (SSSR count). The van der Waals surface area contributed by atoms with Crippen LogP contribution >= 0.6 is 0 Å². The maximum absolute atomic E-state index is 14.1. The van der Waals surface area contributed by atoms with Crippen LogP contribution in [0.15, 0.2) is 30.3 Å². The Morgan fingerprint density at radius 2 is 1.83 bits per heavy atom. The average Bonchev–Trinajstić information content (AvgIpc) is 3.42. The van der Waals surface area contributed by atoms with E-state index in [0.717, 1.165) is 0 Å². The highest BCUT2D eigenvalue weighted by molar-refractivity contribution is 5.79. The van der Waals surface area contributed by atoms with Gasteiger partial charge in [0.25, 0.3) is 6.43 Å². The van der Waals surface area contributed by atoms with E-state index in [0.29, 0.717) is 94.5 Å². The first kappa shape index (κ1) is 27.7. The lowest BCUT2D eigenvalue weighted by Crippen LogP contribution is -2.49. The number of aliphatic hydroxyl groups is 1. The largest absolute Gasteiger partial charge is 0.474 e. The highest BCUT2D eigenvalue weighted by Gasteiger charge is 2.33. The van der Waals surface area contributed by atoms with Crippen molar-refractivity contribution in [3.63, 3.8) is 0 Å². The number of anilines is 1. The monoisotopic (exact) mass is 572 g/mol. The van der Waals surface area contributed by atoms with E-state index in [4.69, 9.17) is 14.2 Å². The molecule has 0 radical (unpaired) electrons. The summed E-state index contributed by atoms with van der Waals surface area (Å²) >= 11 is 0. The van der Waals surface area contributed by atoms with Gasteiger partial charge in [0.05, 0.1) is 43.6 Å². The zero-order valence-corrected chi connectivity index (χ0v) is 22.7. The van der Waals surface area contributed by atoms with Crippen LogP contribution in [0.3, 0.4) is 0 Å². The molecule has 2 saturated heterocycles. The molecule has 13 heteroatoms. The standard InChI is InChI=1S/C28H34F2N6O5/c29-25(30)26-31-21-3-1-2-4-22(21)36(26)23-15-24(33-28(32-23)34-9-12-39-13-10-34)41-19-7-5-18(6-8-19)27(38)35-11-14-40-20(16-35)17-37/h1-4,15,18-20,25,37H,5-14,16-17H2/t18-,19-,20?. The minimum absolute atomic E-state index is 0.0932. The minimum Gasteiger partial charge on any atom is -0.474 e. The molecule has 11 nitrogen and oxygen atoms in total. The lowest BCUT2D eigenvalue weighted by molar-refractivity contribution is -0.146. The Kier molecular flexibility index (Phi) is 8.26. The maximum Gasteiger partial charge on any atom is 0.296 e. The first-order chi connectivity index (χ1) is 20.0. The Hall–Kier alpha value is -3.42. The van der Waals surface area contributed by atoms with Crippen molar-refractivity contribution >= 4 is 22.9 Å². The number of aliphatic hydroxyl groups excluding tert-OH is 1. The van der Waals surface area contributed by atoms with E-state index in [9.17, 15) is 18.7 Å². The molecular formula is C28H34F2N6O5. The van der Waals surface area contributed by atoms with Crippen LogP contribution in [-0.4, -0.2) is 100 Å². The predicted molar refractivity (Wildman–Crippen MR) is 144 cm³/mol. The number of aromatic nitrogens is 4. The number of nitrogens with zero attached hydrogens (tertiary/aromatic N) is 6. The Bertz CT molecular complexity index is 1360. The average molecular weight is 573 g/mol. The number of fused-ring (bicyclic) bond motifs is 1. The van der Waals surface area contributed by atoms with Gasteiger partial charge in [-0.3, -0.25) is 9.36 Å². The van der Waals surface area contributed by atoms with Gasteiger partial charge in [-0.2, -0.15) is 9.97 Å². The van der Waals surface area contributed by atoms with Crippen molar-refractivity contribution in [2.75, 3.05) is 57.5 Å². The van der Waals surface area contributed by atoms with Crippen LogP contribution in [0.4, 0.5) is 14.7 Å². The molecular weight excluding hydrogens is 538 g/mol. The van der Waals surface area contributed by atoms with E-state index in [-0.39, 0.29) is 36.5 Å². The number of morpholine rings is 2. The molecule has 1 N–H and O–H groups in total. The third-order valence-electron chi connectivity index (χ3n) is 7.95. The first-order valence-corrected chi connectivity index (χ1v) is 14.2. The summed E-state index contributed by atoms with van der Waals surface area (Å²) in [6.07, 6.45) is -0.664. The second-order valence-electron chi connectivity index (χ2n) is 10.6. The molecule has 2 aromatic heterocycles. The fourth-order valence-corrected chi connectivity index (χ4v) is 5.80. The third-order valence-corrected chi connectivity index (χ3v) is 7.95. The fraction of sp³-hybridized carbons (Fsp3) is 0.571. The Balaban J connectivity index is 1.23. The van der Waals surface area contributed by atoms with Gasteiger partial charge in [0.1, 0.15) is 11.9 Å². The second-order valence-corrected chi connectivity index (χ2v) is 10.6. The molecule has 3 aromatic rings. The van der Waals surface area contributed by atoms with Gasteiger partial charge in [-0.25, -0.2) is 13.8 Å². The topological polar surface area (TPSA) is 115 Å². The zero-order valence-electron chi connectivity index (χ0n) is 22.7. The number of ether oxygens (including phenoxy) is 3. The summed E-state index contributed by atoms with van der Waals surface area (Å²) in [5.41, 5.74) is 0.969. The number of carbonyl (C=O) groups is 1. The molecule has 1 saturated carbocycles. The molecule has 4 heterocycles. The molecule has 220 valence electrons. The van der Waals surface area contributed by atoms with Crippen LogP contribution in [0.25, 0.3) is 16.9 Å². The van der Waals surface area contributed by atoms with Crippen LogP contribution in [-0.2, 0) is 14.3 Å². The van der Waals surface area contributed by atoms with Crippen LogP contribution in [0.2, 0.25) is 0 Å². The number of para-hydroxylation sites is 2. The summed E-state index contributed by atoms with van der Waals surface area (Å²) in [6, 6.07) is 8.55. The number of hydrogen-bond acceptors (Lipinski definition) is 9. The van der Waals surface area contributed by atoms with Gasteiger partial charge >= 0.3 is 0 Å². The molecule has 1 atom stereocenters. The SMILES string of the molecule is O=C([C@H]1CC[C@H](Oc2cc(-n3c(C(F)F)nc4ccccc43)nc(N3CCOCC3)n2)CC1)N1CCOC(CO)C1. The minimum atomic E-state index is -2.81. The van der Waals surface area contributed by atoms with Gasteiger partial charge in [0.15, 0.2) is 5.82 Å². The highest BCUT2D eigenvalue weighted by atomic mass is 19.3. The van der Waals surface area contributed by atoms with E-state index >= 15 is 0 Å². The van der Waals surface area contributed by atoms with Crippen molar-refractivity contribution in [2.45, 2.75) is 44.3 Å². The van der Waals surface area contributed by atoms with Crippen molar-refractivity contribution in [1.29, 1.82) is 0 Å². The lowest BCUT2D eigenvalue weighted by Gasteiger charge is -2.36. The fourth-order valence-electron chi connectivity index (χ4n) is 5.80. The summed E-state index contributed by atoms with van der Waals surface area (Å²) in [6.45, 7) is 3.43. The smallest absolute Gasteiger partial charge is 0.296 e. The number of alkyl halides is 2. The summed E-state index contributed by atoms with van der Waals surface area (Å²) in [5.74, 6) is 0.528. The summed E-state index contributed by atoms with van der Waals surface area (Å²) < 4.78 is 46.9. The summed E-state index contributed by atoms with van der Waals surface area (Å²) in [4.78, 5) is 30.4. The Labute approximate surface area is 236 Å². The number of benzene rings is 1. The summed E-state index contributed by atoms with van der Waals surface area (Å²) in [7, 11) is 0. The van der Waals surface area contributed by atoms with E-state index in [1.54, 1.807) is 35.2 Å².